The van der Waals surface area contributed by atoms with Crippen molar-refractivity contribution in [2.24, 2.45) is 5.92 Å². The molecule has 0 radical (unpaired) electrons. The molecule has 24 heavy (non-hydrogen) atoms. The molecule has 1 saturated heterocycles. The molecule has 2 rings (SSSR count). The standard InChI is InChI=1S/C15H25N3O4S2/c1-16-11-13-7-6-10-18(12-13)24(21,22)15-9-5-4-8-14(15)23(19,20)17(2)3/h4-5,8-9,13,16H,6-7,10-12H2,1-3H3. The Balaban J connectivity index is 2.44. The SMILES string of the molecule is CNCC1CCCN(S(=O)(=O)c2ccccc2S(=O)(=O)N(C)C)C1. The molecule has 0 aliphatic carbocycles. The van der Waals surface area contributed by atoms with Crippen LogP contribution in [0.25, 0.3) is 0 Å². The van der Waals surface area contributed by atoms with Crippen molar-refractivity contribution in [2.45, 2.75) is 22.6 Å². The van der Waals surface area contributed by atoms with Crippen LogP contribution in [-0.2, 0) is 20.0 Å². The Labute approximate surface area is 144 Å². The Bertz CT molecular complexity index is 774. The molecule has 1 aromatic rings. The van der Waals surface area contributed by atoms with Crippen LogP contribution < -0.4 is 5.32 Å². The van der Waals surface area contributed by atoms with Crippen molar-refractivity contribution in [3.63, 3.8) is 0 Å². The van der Waals surface area contributed by atoms with Crippen LogP contribution in [0.1, 0.15) is 12.8 Å². The van der Waals surface area contributed by atoms with Crippen molar-refractivity contribution in [2.75, 3.05) is 40.8 Å². The van der Waals surface area contributed by atoms with Crippen molar-refractivity contribution < 1.29 is 16.8 Å². The first-order chi connectivity index (χ1) is 11.2. The van der Waals surface area contributed by atoms with E-state index in [9.17, 15) is 16.8 Å². The van der Waals surface area contributed by atoms with Crippen LogP contribution in [0.5, 0.6) is 0 Å². The average Bonchev–Trinajstić information content (AvgIpc) is 2.55. The molecule has 1 aliphatic rings. The number of nitrogens with zero attached hydrogens (tertiary/aromatic N) is 2. The highest BCUT2D eigenvalue weighted by Gasteiger charge is 2.34. The summed E-state index contributed by atoms with van der Waals surface area (Å²) in [5, 5.41) is 3.08. The number of benzene rings is 1. The Kier molecular flexibility index (Phi) is 6.03. The van der Waals surface area contributed by atoms with Gasteiger partial charge in [-0.25, -0.2) is 21.1 Å². The number of hydrogen-bond acceptors (Lipinski definition) is 5. The van der Waals surface area contributed by atoms with Gasteiger partial charge in [0.2, 0.25) is 20.0 Å². The Morgan fingerprint density at radius 1 is 1.17 bits per heavy atom. The minimum atomic E-state index is -3.86. The minimum absolute atomic E-state index is 0.149. The van der Waals surface area contributed by atoms with Crippen LogP contribution in [0.4, 0.5) is 0 Å². The van der Waals surface area contributed by atoms with Crippen molar-refractivity contribution in [3.05, 3.63) is 24.3 Å². The average molecular weight is 376 g/mol. The fourth-order valence-corrected chi connectivity index (χ4v) is 6.14. The molecule has 136 valence electrons. The van der Waals surface area contributed by atoms with Gasteiger partial charge in [-0.1, -0.05) is 12.1 Å². The topological polar surface area (TPSA) is 86.8 Å². The molecule has 1 atom stereocenters. The van der Waals surface area contributed by atoms with Crippen LogP contribution in [0, 0.1) is 5.92 Å². The predicted molar refractivity (Wildman–Crippen MR) is 92.7 cm³/mol. The van der Waals surface area contributed by atoms with Crippen LogP contribution in [0.2, 0.25) is 0 Å². The van der Waals surface area contributed by atoms with E-state index in [0.29, 0.717) is 13.1 Å². The van der Waals surface area contributed by atoms with Gasteiger partial charge in [0.15, 0.2) is 0 Å². The summed E-state index contributed by atoms with van der Waals surface area (Å²) in [7, 11) is -3.08. The van der Waals surface area contributed by atoms with Crippen molar-refractivity contribution >= 4 is 20.0 Å². The van der Waals surface area contributed by atoms with Crippen LogP contribution >= 0.6 is 0 Å². The van der Waals surface area contributed by atoms with Gasteiger partial charge < -0.3 is 5.32 Å². The van der Waals surface area contributed by atoms with Gasteiger partial charge in [0.1, 0.15) is 9.79 Å². The zero-order valence-electron chi connectivity index (χ0n) is 14.3. The molecule has 1 fully saturated rings. The van der Waals surface area contributed by atoms with Gasteiger partial charge in [-0.15, -0.1) is 0 Å². The van der Waals surface area contributed by atoms with E-state index in [1.165, 1.54) is 36.6 Å². The molecule has 0 saturated carbocycles. The van der Waals surface area contributed by atoms with Gasteiger partial charge >= 0.3 is 0 Å². The number of hydrogen-bond donors (Lipinski definition) is 1. The zero-order chi connectivity index (χ0) is 18.0. The summed E-state index contributed by atoms with van der Waals surface area (Å²) in [5.41, 5.74) is 0. The Morgan fingerprint density at radius 3 is 2.38 bits per heavy atom. The molecule has 0 amide bonds. The lowest BCUT2D eigenvalue weighted by molar-refractivity contribution is 0.263. The lowest BCUT2D eigenvalue weighted by Crippen LogP contribution is -2.42. The van der Waals surface area contributed by atoms with Gasteiger partial charge in [-0.3, -0.25) is 0 Å². The summed E-state index contributed by atoms with van der Waals surface area (Å²) in [5.74, 6) is 0.233. The minimum Gasteiger partial charge on any atom is -0.319 e. The van der Waals surface area contributed by atoms with Crippen molar-refractivity contribution in [1.82, 2.24) is 13.9 Å². The van der Waals surface area contributed by atoms with Gasteiger partial charge in [-0.2, -0.15) is 4.31 Å². The first-order valence-corrected chi connectivity index (χ1v) is 10.8. The molecule has 1 aromatic carbocycles. The summed E-state index contributed by atoms with van der Waals surface area (Å²) in [6.45, 7) is 1.56. The molecule has 9 heteroatoms. The largest absolute Gasteiger partial charge is 0.319 e. The molecule has 1 unspecified atom stereocenters. The lowest BCUT2D eigenvalue weighted by Gasteiger charge is -2.32. The summed E-state index contributed by atoms with van der Waals surface area (Å²) in [4.78, 5) is -0.324. The molecule has 1 heterocycles. The number of nitrogens with one attached hydrogen (secondary N) is 1. The summed E-state index contributed by atoms with van der Waals surface area (Å²) >= 11 is 0. The van der Waals surface area contributed by atoms with Crippen molar-refractivity contribution in [1.29, 1.82) is 0 Å². The van der Waals surface area contributed by atoms with E-state index in [1.54, 1.807) is 6.07 Å². The van der Waals surface area contributed by atoms with E-state index in [2.05, 4.69) is 5.32 Å². The third-order valence-corrected chi connectivity index (χ3v) is 8.13. The zero-order valence-corrected chi connectivity index (χ0v) is 15.9. The van der Waals surface area contributed by atoms with E-state index in [4.69, 9.17) is 0 Å². The van der Waals surface area contributed by atoms with Crippen LogP contribution in [0.3, 0.4) is 0 Å². The van der Waals surface area contributed by atoms with E-state index in [-0.39, 0.29) is 15.7 Å². The third-order valence-electron chi connectivity index (χ3n) is 4.20. The van der Waals surface area contributed by atoms with E-state index in [0.717, 1.165) is 23.7 Å². The molecular weight excluding hydrogens is 350 g/mol. The second-order valence-corrected chi connectivity index (χ2v) is 10.2. The highest BCUT2D eigenvalue weighted by atomic mass is 32.2. The number of sulfonamides is 2. The summed E-state index contributed by atoms with van der Waals surface area (Å²) in [6, 6.07) is 5.80. The molecule has 7 nitrogen and oxygen atoms in total. The fourth-order valence-electron chi connectivity index (χ4n) is 2.91. The maximum atomic E-state index is 13.0. The predicted octanol–water partition coefficient (Wildman–Crippen LogP) is 0.557. The highest BCUT2D eigenvalue weighted by Crippen LogP contribution is 2.28. The van der Waals surface area contributed by atoms with Crippen LogP contribution in [0.15, 0.2) is 34.1 Å². The second-order valence-electron chi connectivity index (χ2n) is 6.16. The Morgan fingerprint density at radius 2 is 1.79 bits per heavy atom. The molecule has 0 bridgehead atoms. The fraction of sp³-hybridized carbons (Fsp3) is 0.600. The van der Waals surface area contributed by atoms with Gasteiger partial charge in [0, 0.05) is 27.2 Å². The smallest absolute Gasteiger partial charge is 0.244 e. The monoisotopic (exact) mass is 375 g/mol. The lowest BCUT2D eigenvalue weighted by atomic mass is 10.00. The third kappa shape index (κ3) is 3.80. The second kappa shape index (κ2) is 7.49. The maximum absolute atomic E-state index is 13.0. The molecular formula is C15H25N3O4S2. The van der Waals surface area contributed by atoms with Gasteiger partial charge in [0.05, 0.1) is 0 Å². The Hall–Kier alpha value is -1.00. The van der Waals surface area contributed by atoms with Crippen LogP contribution in [-0.4, -0.2) is 66.2 Å². The normalized spacial score (nSPS) is 20.4. The maximum Gasteiger partial charge on any atom is 0.244 e. The first-order valence-electron chi connectivity index (χ1n) is 7.87. The number of piperidine rings is 1. The van der Waals surface area contributed by atoms with Gasteiger partial charge in [-0.05, 0) is 44.5 Å². The first kappa shape index (κ1) is 19.3. The van der Waals surface area contributed by atoms with E-state index in [1.807, 2.05) is 7.05 Å². The van der Waals surface area contributed by atoms with E-state index < -0.39 is 20.0 Å². The molecule has 0 aromatic heterocycles. The number of rotatable bonds is 6. The molecule has 0 spiro atoms. The van der Waals surface area contributed by atoms with Crippen molar-refractivity contribution in [3.8, 4) is 0 Å². The molecule has 1 N–H and O–H groups in total. The van der Waals surface area contributed by atoms with Gasteiger partial charge in [0.25, 0.3) is 0 Å². The molecule has 1 aliphatic heterocycles. The highest BCUT2D eigenvalue weighted by molar-refractivity contribution is 7.92. The quantitative estimate of drug-likeness (QED) is 0.785. The summed E-state index contributed by atoms with van der Waals surface area (Å²) in [6.07, 6.45) is 1.73. The summed E-state index contributed by atoms with van der Waals surface area (Å²) < 4.78 is 53.5. The van der Waals surface area contributed by atoms with E-state index >= 15 is 0 Å².